The molecule has 0 heterocycles. The molecule has 0 amide bonds. The van der Waals surface area contributed by atoms with Gasteiger partial charge < -0.3 is 15.6 Å². The van der Waals surface area contributed by atoms with Gasteiger partial charge in [-0.1, -0.05) is 60.7 Å². The van der Waals surface area contributed by atoms with E-state index in [2.05, 4.69) is 0 Å². The van der Waals surface area contributed by atoms with Crippen LogP contribution in [-0.4, -0.2) is 23.5 Å². The zero-order valence-electron chi connectivity index (χ0n) is 14.0. The number of nitrogens with one attached hydrogen (secondary N) is 1. The molecule has 3 rings (SSSR count). The van der Waals surface area contributed by atoms with Crippen LogP contribution in [0.25, 0.3) is 22.3 Å². The highest BCUT2D eigenvalue weighted by atomic mass is 16.5. The minimum absolute atomic E-state index is 0.0580. The molecule has 0 aromatic heterocycles. The fraction of sp³-hybridized carbons (Fsp3) is 0.0476. The van der Waals surface area contributed by atoms with Crippen molar-refractivity contribution in [1.29, 1.82) is 5.41 Å². The first-order valence-electron chi connectivity index (χ1n) is 8.03. The van der Waals surface area contributed by atoms with Crippen LogP contribution in [0.15, 0.2) is 72.8 Å². The summed E-state index contributed by atoms with van der Waals surface area (Å²) in [4.78, 5) is 10.5. The van der Waals surface area contributed by atoms with Crippen molar-refractivity contribution in [2.75, 3.05) is 6.61 Å². The summed E-state index contributed by atoms with van der Waals surface area (Å²) in [5.74, 6) is -0.415. The SMILES string of the molecule is N=C(N)c1ccc(-c2ccc(-c3ccc(OCC(=O)O)cc3)cc2)cc1. The molecule has 0 aliphatic carbocycles. The first kappa shape index (κ1) is 17.2. The van der Waals surface area contributed by atoms with Crippen LogP contribution < -0.4 is 10.5 Å². The van der Waals surface area contributed by atoms with Crippen LogP contribution in [0.2, 0.25) is 0 Å². The molecule has 3 aromatic carbocycles. The smallest absolute Gasteiger partial charge is 0.341 e. The molecule has 0 unspecified atom stereocenters. The molecule has 0 bridgehead atoms. The lowest BCUT2D eigenvalue weighted by Crippen LogP contribution is -2.10. The zero-order valence-corrected chi connectivity index (χ0v) is 14.0. The van der Waals surface area contributed by atoms with Gasteiger partial charge in [-0.25, -0.2) is 4.79 Å². The molecule has 0 atom stereocenters. The molecule has 0 fully saturated rings. The first-order valence-corrected chi connectivity index (χ1v) is 8.03. The van der Waals surface area contributed by atoms with E-state index in [-0.39, 0.29) is 12.4 Å². The molecule has 0 radical (unpaired) electrons. The Labute approximate surface area is 151 Å². The monoisotopic (exact) mass is 346 g/mol. The van der Waals surface area contributed by atoms with Crippen molar-refractivity contribution in [3.63, 3.8) is 0 Å². The van der Waals surface area contributed by atoms with E-state index in [9.17, 15) is 4.79 Å². The summed E-state index contributed by atoms with van der Waals surface area (Å²) in [5.41, 5.74) is 10.4. The number of nitrogen functional groups attached to an aromatic ring is 1. The predicted molar refractivity (Wildman–Crippen MR) is 101 cm³/mol. The van der Waals surface area contributed by atoms with Crippen LogP contribution in [0.4, 0.5) is 0 Å². The highest BCUT2D eigenvalue weighted by molar-refractivity contribution is 5.95. The largest absolute Gasteiger partial charge is 0.482 e. The Bertz CT molecular complexity index is 915. The highest BCUT2D eigenvalue weighted by Gasteiger charge is 2.03. The molecular weight excluding hydrogens is 328 g/mol. The van der Waals surface area contributed by atoms with Crippen LogP contribution in [0.5, 0.6) is 5.75 Å². The second-order valence-corrected chi connectivity index (χ2v) is 5.78. The van der Waals surface area contributed by atoms with Gasteiger partial charge in [-0.15, -0.1) is 0 Å². The molecule has 3 aromatic rings. The number of carboxylic acid groups (broad SMARTS) is 1. The molecule has 0 saturated carbocycles. The van der Waals surface area contributed by atoms with Crippen LogP contribution >= 0.6 is 0 Å². The van der Waals surface area contributed by atoms with Gasteiger partial charge in [0.2, 0.25) is 0 Å². The summed E-state index contributed by atoms with van der Waals surface area (Å²) in [5, 5.41) is 16.1. The van der Waals surface area contributed by atoms with E-state index in [0.717, 1.165) is 22.3 Å². The van der Waals surface area contributed by atoms with Gasteiger partial charge in [0.05, 0.1) is 0 Å². The van der Waals surface area contributed by atoms with Crippen molar-refractivity contribution < 1.29 is 14.6 Å². The molecule has 0 saturated heterocycles. The molecule has 5 nitrogen and oxygen atoms in total. The first-order chi connectivity index (χ1) is 12.5. The van der Waals surface area contributed by atoms with Crippen molar-refractivity contribution in [3.05, 3.63) is 78.4 Å². The molecular formula is C21H18N2O3. The number of aliphatic carboxylic acids is 1. The molecule has 4 N–H and O–H groups in total. The molecule has 0 spiro atoms. The zero-order chi connectivity index (χ0) is 18.5. The van der Waals surface area contributed by atoms with Gasteiger partial charge in [-0.2, -0.15) is 0 Å². The van der Waals surface area contributed by atoms with Crippen molar-refractivity contribution in [3.8, 4) is 28.0 Å². The van der Waals surface area contributed by atoms with Crippen LogP contribution in [-0.2, 0) is 4.79 Å². The normalized spacial score (nSPS) is 10.3. The Morgan fingerprint density at radius 1 is 0.808 bits per heavy atom. The average Bonchev–Trinajstić information content (AvgIpc) is 2.67. The van der Waals surface area contributed by atoms with Crippen LogP contribution in [0, 0.1) is 5.41 Å². The summed E-state index contributed by atoms with van der Waals surface area (Å²) in [6.07, 6.45) is 0. The van der Waals surface area contributed by atoms with Crippen LogP contribution in [0.3, 0.4) is 0 Å². The molecule has 0 aliphatic rings. The van der Waals surface area contributed by atoms with Crippen molar-refractivity contribution in [2.45, 2.75) is 0 Å². The Morgan fingerprint density at radius 2 is 1.19 bits per heavy atom. The van der Waals surface area contributed by atoms with Gasteiger partial charge in [0, 0.05) is 5.56 Å². The maximum absolute atomic E-state index is 10.5. The van der Waals surface area contributed by atoms with Gasteiger partial charge in [0.15, 0.2) is 6.61 Å². The summed E-state index contributed by atoms with van der Waals surface area (Å²) >= 11 is 0. The number of carboxylic acids is 1. The number of nitrogens with two attached hydrogens (primary N) is 1. The van der Waals surface area contributed by atoms with Crippen LogP contribution in [0.1, 0.15) is 5.56 Å². The molecule has 130 valence electrons. The number of benzene rings is 3. The standard InChI is InChI=1S/C21H18N2O3/c22-21(23)18-7-5-16(6-8-18)14-1-3-15(4-2-14)17-9-11-19(12-10-17)26-13-20(24)25/h1-12H,13H2,(H3,22,23)(H,24,25). The number of hydrogen-bond acceptors (Lipinski definition) is 3. The highest BCUT2D eigenvalue weighted by Crippen LogP contribution is 2.26. The van der Waals surface area contributed by atoms with E-state index in [0.29, 0.717) is 11.3 Å². The van der Waals surface area contributed by atoms with E-state index in [4.69, 9.17) is 21.0 Å². The molecule has 5 heteroatoms. The van der Waals surface area contributed by atoms with Gasteiger partial charge in [0.1, 0.15) is 11.6 Å². The van der Waals surface area contributed by atoms with E-state index in [1.54, 1.807) is 12.1 Å². The quantitative estimate of drug-likeness (QED) is 0.467. The second kappa shape index (κ2) is 7.53. The second-order valence-electron chi connectivity index (χ2n) is 5.78. The Morgan fingerprint density at radius 3 is 1.58 bits per heavy atom. The summed E-state index contributed by atoms with van der Waals surface area (Å²) < 4.78 is 5.14. The minimum Gasteiger partial charge on any atom is -0.482 e. The topological polar surface area (TPSA) is 96.4 Å². The third-order valence-electron chi connectivity index (χ3n) is 3.96. The van der Waals surface area contributed by atoms with E-state index in [1.165, 1.54) is 0 Å². The molecule has 26 heavy (non-hydrogen) atoms. The predicted octanol–water partition coefficient (Wildman–Crippen LogP) is 3.77. The Balaban J connectivity index is 1.74. The lowest BCUT2D eigenvalue weighted by atomic mass is 9.99. The fourth-order valence-electron chi connectivity index (χ4n) is 2.59. The van der Waals surface area contributed by atoms with Gasteiger partial charge >= 0.3 is 5.97 Å². The minimum atomic E-state index is -0.999. The lowest BCUT2D eigenvalue weighted by molar-refractivity contribution is -0.139. The number of ether oxygens (including phenoxy) is 1. The average molecular weight is 346 g/mol. The van der Waals surface area contributed by atoms with Gasteiger partial charge in [-0.3, -0.25) is 5.41 Å². The number of hydrogen-bond donors (Lipinski definition) is 3. The maximum Gasteiger partial charge on any atom is 0.341 e. The summed E-state index contributed by atoms with van der Waals surface area (Å²) in [6.45, 7) is -0.351. The summed E-state index contributed by atoms with van der Waals surface area (Å²) in [6, 6.07) is 23.0. The number of amidine groups is 1. The van der Waals surface area contributed by atoms with Gasteiger partial charge in [-0.05, 0) is 34.4 Å². The summed E-state index contributed by atoms with van der Waals surface area (Å²) in [7, 11) is 0. The third kappa shape index (κ3) is 4.08. The Hall–Kier alpha value is -3.60. The fourth-order valence-corrected chi connectivity index (χ4v) is 2.59. The van der Waals surface area contributed by atoms with Crippen molar-refractivity contribution in [2.24, 2.45) is 5.73 Å². The number of rotatable bonds is 6. The number of carbonyl (C=O) groups is 1. The third-order valence-corrected chi connectivity index (χ3v) is 3.96. The van der Waals surface area contributed by atoms with E-state index < -0.39 is 5.97 Å². The van der Waals surface area contributed by atoms with Crippen molar-refractivity contribution >= 4 is 11.8 Å². The van der Waals surface area contributed by atoms with E-state index in [1.807, 2.05) is 60.7 Å². The lowest BCUT2D eigenvalue weighted by Gasteiger charge is -2.07. The van der Waals surface area contributed by atoms with Crippen molar-refractivity contribution in [1.82, 2.24) is 0 Å². The van der Waals surface area contributed by atoms with Gasteiger partial charge in [0.25, 0.3) is 0 Å². The molecule has 0 aliphatic heterocycles. The maximum atomic E-state index is 10.5. The van der Waals surface area contributed by atoms with E-state index >= 15 is 0 Å². The Kier molecular flexibility index (Phi) is 4.99.